The van der Waals surface area contributed by atoms with Gasteiger partial charge in [0.1, 0.15) is 5.76 Å². The zero-order chi connectivity index (χ0) is 20.2. The summed E-state index contributed by atoms with van der Waals surface area (Å²) in [6.07, 6.45) is 0.122. The van der Waals surface area contributed by atoms with Crippen LogP contribution in [0.25, 0.3) is 11.5 Å². The van der Waals surface area contributed by atoms with Crippen LogP contribution >= 0.6 is 11.6 Å². The fourth-order valence-electron chi connectivity index (χ4n) is 3.37. The van der Waals surface area contributed by atoms with Crippen LogP contribution in [-0.2, 0) is 16.0 Å². The maximum atomic E-state index is 12.7. The molecule has 29 heavy (non-hydrogen) atoms. The van der Waals surface area contributed by atoms with E-state index in [1.807, 2.05) is 55.5 Å². The number of ether oxygens (including phenoxy) is 1. The van der Waals surface area contributed by atoms with E-state index in [4.69, 9.17) is 20.8 Å². The summed E-state index contributed by atoms with van der Waals surface area (Å²) < 4.78 is 11.2. The van der Waals surface area contributed by atoms with Gasteiger partial charge in [-0.3, -0.25) is 4.79 Å². The lowest BCUT2D eigenvalue weighted by Gasteiger charge is -2.31. The molecule has 2 aromatic carbocycles. The molecule has 1 saturated heterocycles. The van der Waals surface area contributed by atoms with E-state index in [9.17, 15) is 4.79 Å². The van der Waals surface area contributed by atoms with Gasteiger partial charge in [0.25, 0.3) is 0 Å². The molecule has 0 bridgehead atoms. The molecule has 0 saturated carbocycles. The van der Waals surface area contributed by atoms with Crippen molar-refractivity contribution in [3.63, 3.8) is 0 Å². The molecule has 1 aliphatic rings. The summed E-state index contributed by atoms with van der Waals surface area (Å²) in [6, 6.07) is 15.2. The van der Waals surface area contributed by atoms with E-state index >= 15 is 0 Å². The molecular weight excluding hydrogens is 390 g/mol. The Kier molecular flexibility index (Phi) is 5.83. The van der Waals surface area contributed by atoms with Gasteiger partial charge in [-0.05, 0) is 31.2 Å². The summed E-state index contributed by atoms with van der Waals surface area (Å²) in [4.78, 5) is 19.4. The Morgan fingerprint density at radius 2 is 1.90 bits per heavy atom. The summed E-state index contributed by atoms with van der Waals surface area (Å²) in [5, 5.41) is 3.59. The first-order valence-electron chi connectivity index (χ1n) is 9.54. The van der Waals surface area contributed by atoms with Crippen molar-refractivity contribution in [2.45, 2.75) is 13.3 Å². The molecule has 6 nitrogen and oxygen atoms in total. The molecular formula is C22H22ClN3O3. The highest BCUT2D eigenvalue weighted by Crippen LogP contribution is 2.34. The second-order valence-electron chi connectivity index (χ2n) is 6.85. The van der Waals surface area contributed by atoms with Crippen molar-refractivity contribution in [2.75, 3.05) is 36.5 Å². The maximum absolute atomic E-state index is 12.7. The van der Waals surface area contributed by atoms with Crippen LogP contribution in [0.15, 0.2) is 52.9 Å². The van der Waals surface area contributed by atoms with Crippen LogP contribution in [0.2, 0.25) is 5.02 Å². The number of carbonyl (C=O) groups excluding carboxylic acids is 1. The van der Waals surface area contributed by atoms with Crippen molar-refractivity contribution >= 4 is 28.9 Å². The number of carbonyl (C=O) groups is 1. The molecule has 1 fully saturated rings. The Morgan fingerprint density at radius 3 is 2.66 bits per heavy atom. The Bertz CT molecular complexity index is 998. The van der Waals surface area contributed by atoms with Crippen LogP contribution in [0.3, 0.4) is 0 Å². The SMILES string of the molecule is Cc1oc(-c2ccccc2)nc1CC(=O)Nc1cccc(Cl)c1N1CCOCC1. The second kappa shape index (κ2) is 8.68. The third-order valence-corrected chi connectivity index (χ3v) is 5.13. The van der Waals surface area contributed by atoms with Crippen LogP contribution in [0.4, 0.5) is 11.4 Å². The minimum absolute atomic E-state index is 0.122. The van der Waals surface area contributed by atoms with Gasteiger partial charge in [0, 0.05) is 18.7 Å². The predicted molar refractivity (Wildman–Crippen MR) is 113 cm³/mol. The fourth-order valence-corrected chi connectivity index (χ4v) is 3.66. The number of aryl methyl sites for hydroxylation is 1. The lowest BCUT2D eigenvalue weighted by molar-refractivity contribution is -0.115. The molecule has 0 atom stereocenters. The molecule has 7 heteroatoms. The van der Waals surface area contributed by atoms with E-state index < -0.39 is 0 Å². The van der Waals surface area contributed by atoms with Gasteiger partial charge >= 0.3 is 0 Å². The summed E-state index contributed by atoms with van der Waals surface area (Å²) in [6.45, 7) is 4.56. The molecule has 0 aliphatic carbocycles. The van der Waals surface area contributed by atoms with Gasteiger partial charge in [0.05, 0.1) is 41.7 Å². The van der Waals surface area contributed by atoms with Crippen LogP contribution in [0.1, 0.15) is 11.5 Å². The zero-order valence-electron chi connectivity index (χ0n) is 16.2. The standard InChI is InChI=1S/C22H22ClN3O3/c1-15-19(25-22(29-15)16-6-3-2-4-7-16)14-20(27)24-18-9-5-8-17(23)21(18)26-10-12-28-13-11-26/h2-9H,10-14H2,1H3,(H,24,27). The average Bonchev–Trinajstić information content (AvgIpc) is 3.09. The number of para-hydroxylation sites is 1. The number of rotatable bonds is 5. The van der Waals surface area contributed by atoms with Gasteiger partial charge in [0.2, 0.25) is 11.8 Å². The maximum Gasteiger partial charge on any atom is 0.230 e. The Morgan fingerprint density at radius 1 is 1.14 bits per heavy atom. The molecule has 3 aromatic rings. The minimum Gasteiger partial charge on any atom is -0.441 e. The van der Waals surface area contributed by atoms with Crippen molar-refractivity contribution in [3.05, 3.63) is 65.0 Å². The van der Waals surface area contributed by atoms with Crippen molar-refractivity contribution in [3.8, 4) is 11.5 Å². The molecule has 1 aliphatic heterocycles. The van der Waals surface area contributed by atoms with Gasteiger partial charge in [-0.2, -0.15) is 0 Å². The largest absolute Gasteiger partial charge is 0.441 e. The monoisotopic (exact) mass is 411 g/mol. The number of nitrogens with zero attached hydrogens (tertiary/aromatic N) is 2. The summed E-state index contributed by atoms with van der Waals surface area (Å²) in [5.74, 6) is 0.985. The van der Waals surface area contributed by atoms with Gasteiger partial charge in [-0.1, -0.05) is 35.9 Å². The molecule has 0 radical (unpaired) electrons. The zero-order valence-corrected chi connectivity index (χ0v) is 16.9. The van der Waals surface area contributed by atoms with Crippen LogP contribution in [-0.4, -0.2) is 37.2 Å². The number of aromatic nitrogens is 1. The van der Waals surface area contributed by atoms with Crippen LogP contribution in [0, 0.1) is 6.92 Å². The number of oxazole rings is 1. The number of nitrogens with one attached hydrogen (secondary N) is 1. The molecule has 0 unspecified atom stereocenters. The number of halogens is 1. The van der Waals surface area contributed by atoms with E-state index in [0.29, 0.717) is 41.3 Å². The van der Waals surface area contributed by atoms with E-state index in [1.54, 1.807) is 0 Å². The van der Waals surface area contributed by atoms with Gasteiger partial charge in [-0.25, -0.2) is 4.98 Å². The topological polar surface area (TPSA) is 67.6 Å². The van der Waals surface area contributed by atoms with Gasteiger partial charge in [0.15, 0.2) is 0 Å². The molecule has 2 heterocycles. The van der Waals surface area contributed by atoms with Gasteiger partial charge in [-0.15, -0.1) is 0 Å². The third-order valence-electron chi connectivity index (χ3n) is 4.83. The quantitative estimate of drug-likeness (QED) is 0.677. The lowest BCUT2D eigenvalue weighted by atomic mass is 10.2. The lowest BCUT2D eigenvalue weighted by Crippen LogP contribution is -2.37. The third kappa shape index (κ3) is 4.44. The average molecular weight is 412 g/mol. The molecule has 1 amide bonds. The minimum atomic E-state index is -0.169. The van der Waals surface area contributed by atoms with E-state index in [1.165, 1.54) is 0 Å². The van der Waals surface area contributed by atoms with Crippen molar-refractivity contribution < 1.29 is 13.9 Å². The Hall–Kier alpha value is -2.83. The molecule has 1 aromatic heterocycles. The molecule has 4 rings (SSSR count). The number of hydrogen-bond donors (Lipinski definition) is 1. The fraction of sp³-hybridized carbons (Fsp3) is 0.273. The van der Waals surface area contributed by atoms with Crippen molar-refractivity contribution in [2.24, 2.45) is 0 Å². The van der Waals surface area contributed by atoms with Crippen molar-refractivity contribution in [1.82, 2.24) is 4.98 Å². The summed E-state index contributed by atoms with van der Waals surface area (Å²) in [7, 11) is 0. The van der Waals surface area contributed by atoms with E-state index in [-0.39, 0.29) is 12.3 Å². The molecule has 0 spiro atoms. The highest BCUT2D eigenvalue weighted by atomic mass is 35.5. The Balaban J connectivity index is 1.51. The second-order valence-corrected chi connectivity index (χ2v) is 7.26. The number of benzene rings is 2. The summed E-state index contributed by atoms with van der Waals surface area (Å²) >= 11 is 6.44. The first kappa shape index (κ1) is 19.5. The number of hydrogen-bond acceptors (Lipinski definition) is 5. The normalized spacial score (nSPS) is 14.1. The highest BCUT2D eigenvalue weighted by molar-refractivity contribution is 6.34. The number of morpholine rings is 1. The van der Waals surface area contributed by atoms with Crippen molar-refractivity contribution in [1.29, 1.82) is 0 Å². The predicted octanol–water partition coefficient (Wildman–Crippen LogP) is 4.32. The molecule has 150 valence electrons. The van der Waals surface area contributed by atoms with E-state index in [2.05, 4.69) is 15.2 Å². The number of anilines is 2. The van der Waals surface area contributed by atoms with Crippen LogP contribution in [0.5, 0.6) is 0 Å². The summed E-state index contributed by atoms with van der Waals surface area (Å²) in [5.41, 5.74) is 3.02. The first-order valence-corrected chi connectivity index (χ1v) is 9.92. The Labute approximate surface area is 174 Å². The first-order chi connectivity index (χ1) is 14.1. The van der Waals surface area contributed by atoms with Gasteiger partial charge < -0.3 is 19.4 Å². The molecule has 1 N–H and O–H groups in total. The van der Waals surface area contributed by atoms with Crippen LogP contribution < -0.4 is 10.2 Å². The number of amides is 1. The smallest absolute Gasteiger partial charge is 0.230 e. The van der Waals surface area contributed by atoms with E-state index in [0.717, 1.165) is 24.3 Å². The highest BCUT2D eigenvalue weighted by Gasteiger charge is 2.20.